The minimum atomic E-state index is -3.01. The van der Waals surface area contributed by atoms with Gasteiger partial charge in [-0.05, 0) is 18.9 Å². The Morgan fingerprint density at radius 3 is 2.31 bits per heavy atom. The third kappa shape index (κ3) is 3.94. The highest BCUT2D eigenvalue weighted by Crippen LogP contribution is 2.14. The Kier molecular flexibility index (Phi) is 4.50. The number of nitrogens with two attached hydrogens (primary N) is 1. The molecule has 0 bridgehead atoms. The number of hydrogen-bond donors (Lipinski definition) is 1. The van der Waals surface area contributed by atoms with Crippen molar-refractivity contribution in [1.82, 2.24) is 0 Å². The van der Waals surface area contributed by atoms with Crippen LogP contribution >= 0.6 is 0 Å². The summed E-state index contributed by atoms with van der Waals surface area (Å²) in [6.07, 6.45) is 0.642. The average molecular weight is 241 g/mol. The third-order valence-corrected chi connectivity index (χ3v) is 4.35. The molecular weight excluding hydrogens is 222 g/mol. The second kappa shape index (κ2) is 5.46. The van der Waals surface area contributed by atoms with Crippen molar-refractivity contribution in [3.63, 3.8) is 0 Å². The van der Waals surface area contributed by atoms with Gasteiger partial charge >= 0.3 is 0 Å². The standard InChI is InChI=1S/C12H19NO2S/c1-3-8-16(14,15)9-12(13)11-6-4-10(2)5-7-11/h4-7,12H,3,8-9,13H2,1-2H3. The summed E-state index contributed by atoms with van der Waals surface area (Å²) in [4.78, 5) is 0. The summed E-state index contributed by atoms with van der Waals surface area (Å²) in [6, 6.07) is 7.25. The highest BCUT2D eigenvalue weighted by atomic mass is 32.2. The van der Waals surface area contributed by atoms with Crippen molar-refractivity contribution in [3.8, 4) is 0 Å². The van der Waals surface area contributed by atoms with Crippen LogP contribution in [0.25, 0.3) is 0 Å². The van der Waals surface area contributed by atoms with Gasteiger partial charge in [-0.15, -0.1) is 0 Å². The second-order valence-corrected chi connectivity index (χ2v) is 6.36. The Balaban J connectivity index is 2.72. The van der Waals surface area contributed by atoms with Crippen molar-refractivity contribution in [2.45, 2.75) is 26.3 Å². The maximum Gasteiger partial charge on any atom is 0.152 e. The molecule has 0 aliphatic carbocycles. The van der Waals surface area contributed by atoms with Gasteiger partial charge in [0.15, 0.2) is 9.84 Å². The molecule has 0 saturated heterocycles. The first-order valence-corrected chi connectivity index (χ1v) is 7.29. The monoisotopic (exact) mass is 241 g/mol. The van der Waals surface area contributed by atoms with Crippen LogP contribution < -0.4 is 5.73 Å². The van der Waals surface area contributed by atoms with E-state index < -0.39 is 15.9 Å². The van der Waals surface area contributed by atoms with Crippen molar-refractivity contribution in [2.75, 3.05) is 11.5 Å². The smallest absolute Gasteiger partial charge is 0.152 e. The minimum Gasteiger partial charge on any atom is -0.323 e. The molecule has 0 aromatic heterocycles. The Labute approximate surface area is 97.6 Å². The molecule has 1 aromatic carbocycles. The SMILES string of the molecule is CCCS(=O)(=O)CC(N)c1ccc(C)cc1. The van der Waals surface area contributed by atoms with E-state index in [4.69, 9.17) is 5.73 Å². The lowest BCUT2D eigenvalue weighted by Crippen LogP contribution is -2.23. The molecule has 0 aliphatic heterocycles. The quantitative estimate of drug-likeness (QED) is 0.855. The highest BCUT2D eigenvalue weighted by Gasteiger charge is 2.16. The molecule has 4 heteroatoms. The van der Waals surface area contributed by atoms with Crippen LogP contribution in [-0.2, 0) is 9.84 Å². The summed E-state index contributed by atoms with van der Waals surface area (Å²) in [7, 11) is -3.01. The summed E-state index contributed by atoms with van der Waals surface area (Å²) in [5, 5.41) is 0. The lowest BCUT2D eigenvalue weighted by molar-refractivity contribution is 0.587. The molecule has 90 valence electrons. The molecule has 0 radical (unpaired) electrons. The highest BCUT2D eigenvalue weighted by molar-refractivity contribution is 7.91. The summed E-state index contributed by atoms with van der Waals surface area (Å²) in [6.45, 7) is 3.85. The summed E-state index contributed by atoms with van der Waals surface area (Å²) in [5.74, 6) is 0.246. The van der Waals surface area contributed by atoms with Gasteiger partial charge in [0.2, 0.25) is 0 Å². The Hall–Kier alpha value is -0.870. The van der Waals surface area contributed by atoms with E-state index in [9.17, 15) is 8.42 Å². The van der Waals surface area contributed by atoms with Crippen LogP contribution in [0, 0.1) is 6.92 Å². The van der Waals surface area contributed by atoms with Crippen LogP contribution in [0.3, 0.4) is 0 Å². The van der Waals surface area contributed by atoms with Crippen molar-refractivity contribution in [3.05, 3.63) is 35.4 Å². The molecule has 16 heavy (non-hydrogen) atoms. The fourth-order valence-corrected chi connectivity index (χ4v) is 3.11. The van der Waals surface area contributed by atoms with Crippen molar-refractivity contribution in [1.29, 1.82) is 0 Å². The molecule has 1 atom stereocenters. The van der Waals surface area contributed by atoms with Gasteiger partial charge in [-0.2, -0.15) is 0 Å². The van der Waals surface area contributed by atoms with E-state index in [0.717, 1.165) is 11.1 Å². The van der Waals surface area contributed by atoms with E-state index in [1.54, 1.807) is 0 Å². The van der Waals surface area contributed by atoms with Crippen LogP contribution in [0.4, 0.5) is 0 Å². The van der Waals surface area contributed by atoms with Crippen molar-refractivity contribution >= 4 is 9.84 Å². The predicted molar refractivity (Wildman–Crippen MR) is 67.1 cm³/mol. The summed E-state index contributed by atoms with van der Waals surface area (Å²) < 4.78 is 23.2. The molecule has 0 fully saturated rings. The van der Waals surface area contributed by atoms with Gasteiger partial charge < -0.3 is 5.73 Å². The van der Waals surface area contributed by atoms with Gasteiger partial charge in [-0.1, -0.05) is 36.8 Å². The Bertz CT molecular complexity index is 423. The van der Waals surface area contributed by atoms with Crippen LogP contribution in [0.5, 0.6) is 0 Å². The predicted octanol–water partition coefficient (Wildman–Crippen LogP) is 1.82. The molecule has 3 nitrogen and oxygen atoms in total. The number of benzene rings is 1. The zero-order valence-electron chi connectivity index (χ0n) is 9.81. The van der Waals surface area contributed by atoms with E-state index in [-0.39, 0.29) is 11.5 Å². The fourth-order valence-electron chi connectivity index (χ4n) is 1.58. The molecule has 0 aliphatic rings. The van der Waals surface area contributed by atoms with Gasteiger partial charge in [-0.25, -0.2) is 8.42 Å². The fraction of sp³-hybridized carbons (Fsp3) is 0.500. The van der Waals surface area contributed by atoms with Crippen LogP contribution in [0.1, 0.15) is 30.5 Å². The van der Waals surface area contributed by atoms with Crippen LogP contribution in [-0.4, -0.2) is 19.9 Å². The van der Waals surface area contributed by atoms with E-state index >= 15 is 0 Å². The van der Waals surface area contributed by atoms with Gasteiger partial charge in [0.25, 0.3) is 0 Å². The second-order valence-electron chi connectivity index (χ2n) is 4.13. The molecule has 0 heterocycles. The first-order valence-electron chi connectivity index (χ1n) is 5.47. The third-order valence-electron chi connectivity index (χ3n) is 2.45. The lowest BCUT2D eigenvalue weighted by Gasteiger charge is -2.12. The van der Waals surface area contributed by atoms with Crippen LogP contribution in [0.2, 0.25) is 0 Å². The van der Waals surface area contributed by atoms with Crippen LogP contribution in [0.15, 0.2) is 24.3 Å². The molecule has 0 amide bonds. The van der Waals surface area contributed by atoms with Gasteiger partial charge in [0.1, 0.15) is 0 Å². The number of sulfone groups is 1. The Morgan fingerprint density at radius 2 is 1.81 bits per heavy atom. The lowest BCUT2D eigenvalue weighted by atomic mass is 10.1. The molecule has 1 rings (SSSR count). The summed E-state index contributed by atoms with van der Waals surface area (Å²) >= 11 is 0. The Morgan fingerprint density at radius 1 is 1.25 bits per heavy atom. The largest absolute Gasteiger partial charge is 0.323 e. The zero-order chi connectivity index (χ0) is 12.2. The van der Waals surface area contributed by atoms with E-state index in [1.165, 1.54) is 0 Å². The summed E-state index contributed by atoms with van der Waals surface area (Å²) in [5.41, 5.74) is 7.91. The van der Waals surface area contributed by atoms with Gasteiger partial charge in [-0.3, -0.25) is 0 Å². The van der Waals surface area contributed by atoms with Crippen molar-refractivity contribution in [2.24, 2.45) is 5.73 Å². The normalized spacial score (nSPS) is 13.7. The molecule has 1 aromatic rings. The minimum absolute atomic E-state index is 0.0316. The van der Waals surface area contributed by atoms with Crippen molar-refractivity contribution < 1.29 is 8.42 Å². The van der Waals surface area contributed by atoms with E-state index in [0.29, 0.717) is 6.42 Å². The number of rotatable bonds is 5. The van der Waals surface area contributed by atoms with E-state index in [1.807, 2.05) is 38.1 Å². The molecular formula is C12H19NO2S. The van der Waals surface area contributed by atoms with Gasteiger partial charge in [0.05, 0.1) is 5.75 Å². The van der Waals surface area contributed by atoms with E-state index in [2.05, 4.69) is 0 Å². The van der Waals surface area contributed by atoms with Gasteiger partial charge in [0, 0.05) is 11.8 Å². The molecule has 1 unspecified atom stereocenters. The maximum absolute atomic E-state index is 11.6. The number of aryl methyl sites for hydroxylation is 1. The number of hydrogen-bond acceptors (Lipinski definition) is 3. The molecule has 2 N–H and O–H groups in total. The average Bonchev–Trinajstić information content (AvgIpc) is 2.17. The zero-order valence-corrected chi connectivity index (χ0v) is 10.6. The first-order chi connectivity index (χ1) is 7.44. The molecule has 0 spiro atoms. The topological polar surface area (TPSA) is 60.2 Å². The molecule has 0 saturated carbocycles. The first kappa shape index (κ1) is 13.2. The maximum atomic E-state index is 11.6.